The highest BCUT2D eigenvalue weighted by Crippen LogP contribution is 2.37. The van der Waals surface area contributed by atoms with Crippen molar-refractivity contribution in [2.24, 2.45) is 0 Å². The average molecular weight is 283 g/mol. The van der Waals surface area contributed by atoms with E-state index in [1.54, 1.807) is 11.3 Å². The first kappa shape index (κ1) is 12.3. The Kier molecular flexibility index (Phi) is 2.95. The highest BCUT2D eigenvalue weighted by molar-refractivity contribution is 7.12. The number of ketones is 1. The number of thiazole rings is 1. The summed E-state index contributed by atoms with van der Waals surface area (Å²) >= 11 is 1.79. The van der Waals surface area contributed by atoms with Crippen LogP contribution in [0.2, 0.25) is 0 Å². The van der Waals surface area contributed by atoms with Crippen LogP contribution in [0.3, 0.4) is 0 Å². The second-order valence-corrected chi connectivity index (χ2v) is 6.92. The lowest BCUT2D eigenvalue weighted by molar-refractivity contribution is 0.0968. The third-order valence-corrected chi connectivity index (χ3v) is 5.76. The van der Waals surface area contributed by atoms with E-state index in [0.717, 1.165) is 37.8 Å². The van der Waals surface area contributed by atoms with Crippen molar-refractivity contribution in [2.45, 2.75) is 44.4 Å². The largest absolute Gasteiger partial charge is 0.292 e. The van der Waals surface area contributed by atoms with E-state index in [1.807, 2.05) is 0 Å². The van der Waals surface area contributed by atoms with Gasteiger partial charge in [-0.1, -0.05) is 24.3 Å². The van der Waals surface area contributed by atoms with E-state index in [1.165, 1.54) is 21.0 Å². The Morgan fingerprint density at radius 2 is 1.95 bits per heavy atom. The standard InChI is InChI=1S/C17H17NOS/c19-14-6-3-7-15-16(14)18-17(20-15)13-9-8-11-4-1-2-5-12(11)10-13/h1-2,4-5,13H,3,6-10H2. The number of aromatic nitrogens is 1. The lowest BCUT2D eigenvalue weighted by Crippen LogP contribution is -2.13. The van der Waals surface area contributed by atoms with Crippen LogP contribution in [0, 0.1) is 0 Å². The SMILES string of the molecule is O=C1CCCc2sc(C3CCc4ccccc4C3)nc21. The molecule has 0 spiro atoms. The zero-order valence-corrected chi connectivity index (χ0v) is 12.2. The predicted octanol–water partition coefficient (Wildman–Crippen LogP) is 3.93. The maximum atomic E-state index is 11.9. The first-order valence-electron chi connectivity index (χ1n) is 7.41. The van der Waals surface area contributed by atoms with Crippen molar-refractivity contribution in [3.05, 3.63) is 51.0 Å². The van der Waals surface area contributed by atoms with Crippen molar-refractivity contribution in [1.29, 1.82) is 0 Å². The Morgan fingerprint density at radius 3 is 2.80 bits per heavy atom. The van der Waals surface area contributed by atoms with Crippen LogP contribution in [0.15, 0.2) is 24.3 Å². The molecule has 1 aromatic carbocycles. The Morgan fingerprint density at radius 1 is 1.10 bits per heavy atom. The van der Waals surface area contributed by atoms with Gasteiger partial charge in [-0.05, 0) is 43.2 Å². The fourth-order valence-corrected chi connectivity index (χ4v) is 4.63. The van der Waals surface area contributed by atoms with Gasteiger partial charge in [0.2, 0.25) is 0 Å². The number of aryl methyl sites for hydroxylation is 2. The number of Topliss-reactive ketones (excluding diaryl/α,β-unsaturated/α-hetero) is 1. The minimum Gasteiger partial charge on any atom is -0.292 e. The highest BCUT2D eigenvalue weighted by atomic mass is 32.1. The molecule has 0 radical (unpaired) electrons. The molecule has 0 amide bonds. The molecule has 1 aromatic heterocycles. The quantitative estimate of drug-likeness (QED) is 0.793. The Labute approximate surface area is 122 Å². The van der Waals surface area contributed by atoms with Crippen LogP contribution in [0.5, 0.6) is 0 Å². The molecule has 0 fully saturated rings. The molecule has 0 saturated carbocycles. The summed E-state index contributed by atoms with van der Waals surface area (Å²) in [5.74, 6) is 0.762. The van der Waals surface area contributed by atoms with Crippen LogP contribution in [0.1, 0.15) is 56.7 Å². The van der Waals surface area contributed by atoms with Gasteiger partial charge < -0.3 is 0 Å². The second-order valence-electron chi connectivity index (χ2n) is 5.81. The lowest BCUT2D eigenvalue weighted by atomic mass is 9.84. The minimum absolute atomic E-state index is 0.255. The normalized spacial score (nSPS) is 21.4. The minimum atomic E-state index is 0.255. The van der Waals surface area contributed by atoms with Crippen LogP contribution >= 0.6 is 11.3 Å². The number of nitrogens with zero attached hydrogens (tertiary/aromatic N) is 1. The fourth-order valence-electron chi connectivity index (χ4n) is 3.37. The van der Waals surface area contributed by atoms with E-state index in [0.29, 0.717) is 12.3 Å². The van der Waals surface area contributed by atoms with Gasteiger partial charge in [0, 0.05) is 17.2 Å². The molecule has 2 aliphatic rings. The first-order valence-corrected chi connectivity index (χ1v) is 8.22. The van der Waals surface area contributed by atoms with Crippen molar-refractivity contribution in [1.82, 2.24) is 4.98 Å². The van der Waals surface area contributed by atoms with Crippen LogP contribution in [-0.4, -0.2) is 10.8 Å². The molecule has 102 valence electrons. The molecule has 3 heteroatoms. The van der Waals surface area contributed by atoms with Crippen molar-refractivity contribution in [3.8, 4) is 0 Å². The van der Waals surface area contributed by atoms with E-state index in [2.05, 4.69) is 24.3 Å². The number of rotatable bonds is 1. The van der Waals surface area contributed by atoms with Gasteiger partial charge in [0.1, 0.15) is 5.69 Å². The lowest BCUT2D eigenvalue weighted by Gasteiger charge is -2.22. The van der Waals surface area contributed by atoms with Crippen molar-refractivity contribution < 1.29 is 4.79 Å². The van der Waals surface area contributed by atoms with E-state index < -0.39 is 0 Å². The maximum Gasteiger partial charge on any atom is 0.182 e. The Balaban J connectivity index is 1.65. The summed E-state index contributed by atoms with van der Waals surface area (Å²) in [6.07, 6.45) is 6.11. The van der Waals surface area contributed by atoms with Crippen molar-refractivity contribution in [3.63, 3.8) is 0 Å². The van der Waals surface area contributed by atoms with E-state index >= 15 is 0 Å². The molecule has 0 bridgehead atoms. The number of carbonyl (C=O) groups excluding carboxylic acids is 1. The summed E-state index contributed by atoms with van der Waals surface area (Å²) in [5.41, 5.74) is 3.74. The third-order valence-electron chi connectivity index (χ3n) is 4.48. The summed E-state index contributed by atoms with van der Waals surface area (Å²) in [4.78, 5) is 17.9. The van der Waals surface area contributed by atoms with Gasteiger partial charge in [-0.2, -0.15) is 0 Å². The summed E-state index contributed by atoms with van der Waals surface area (Å²) in [7, 11) is 0. The molecule has 1 unspecified atom stereocenters. The summed E-state index contributed by atoms with van der Waals surface area (Å²) in [6, 6.07) is 8.72. The molecule has 0 N–H and O–H groups in total. The average Bonchev–Trinajstić information content (AvgIpc) is 2.92. The Hall–Kier alpha value is -1.48. The summed E-state index contributed by atoms with van der Waals surface area (Å²) in [6.45, 7) is 0. The zero-order chi connectivity index (χ0) is 13.5. The summed E-state index contributed by atoms with van der Waals surface area (Å²) in [5, 5.41) is 1.19. The third kappa shape index (κ3) is 2.01. The van der Waals surface area contributed by atoms with E-state index in [9.17, 15) is 4.79 Å². The van der Waals surface area contributed by atoms with E-state index in [-0.39, 0.29) is 5.78 Å². The molecule has 2 aromatic rings. The van der Waals surface area contributed by atoms with Crippen LogP contribution in [-0.2, 0) is 19.3 Å². The van der Waals surface area contributed by atoms with Gasteiger partial charge in [0.25, 0.3) is 0 Å². The van der Waals surface area contributed by atoms with Crippen LogP contribution in [0.25, 0.3) is 0 Å². The molecule has 2 aliphatic carbocycles. The molecule has 0 saturated heterocycles. The number of benzene rings is 1. The number of hydrogen-bond acceptors (Lipinski definition) is 3. The first-order chi connectivity index (χ1) is 9.81. The fraction of sp³-hybridized carbons (Fsp3) is 0.412. The van der Waals surface area contributed by atoms with Crippen LogP contribution < -0.4 is 0 Å². The molecule has 2 nitrogen and oxygen atoms in total. The molecule has 1 atom stereocenters. The number of hydrogen-bond donors (Lipinski definition) is 0. The van der Waals surface area contributed by atoms with Crippen molar-refractivity contribution >= 4 is 17.1 Å². The molecular weight excluding hydrogens is 266 g/mol. The zero-order valence-electron chi connectivity index (χ0n) is 11.4. The van der Waals surface area contributed by atoms with Crippen LogP contribution in [0.4, 0.5) is 0 Å². The molecule has 4 rings (SSSR count). The van der Waals surface area contributed by atoms with Gasteiger partial charge in [-0.25, -0.2) is 4.98 Å². The molecule has 20 heavy (non-hydrogen) atoms. The topological polar surface area (TPSA) is 30.0 Å². The second kappa shape index (κ2) is 4.81. The van der Waals surface area contributed by atoms with Gasteiger partial charge in [0.15, 0.2) is 5.78 Å². The Bertz CT molecular complexity index is 673. The molecule has 0 aliphatic heterocycles. The van der Waals surface area contributed by atoms with Gasteiger partial charge in [-0.3, -0.25) is 4.79 Å². The number of fused-ring (bicyclic) bond motifs is 2. The predicted molar refractivity (Wildman–Crippen MR) is 80.6 cm³/mol. The molecular formula is C17H17NOS. The van der Waals surface area contributed by atoms with Gasteiger partial charge >= 0.3 is 0 Å². The number of carbonyl (C=O) groups is 1. The summed E-state index contributed by atoms with van der Waals surface area (Å²) < 4.78 is 0. The van der Waals surface area contributed by atoms with Gasteiger partial charge in [0.05, 0.1) is 5.01 Å². The maximum absolute atomic E-state index is 11.9. The molecule has 1 heterocycles. The smallest absolute Gasteiger partial charge is 0.182 e. The monoisotopic (exact) mass is 283 g/mol. The van der Waals surface area contributed by atoms with Crippen molar-refractivity contribution in [2.75, 3.05) is 0 Å². The highest BCUT2D eigenvalue weighted by Gasteiger charge is 2.27. The van der Waals surface area contributed by atoms with Gasteiger partial charge in [-0.15, -0.1) is 11.3 Å². The van der Waals surface area contributed by atoms with E-state index in [4.69, 9.17) is 4.98 Å².